The number of benzene rings is 2. The van der Waals surface area contributed by atoms with Crippen LogP contribution in [-0.4, -0.2) is 58.2 Å². The van der Waals surface area contributed by atoms with Crippen molar-refractivity contribution in [2.75, 3.05) is 31.1 Å². The largest absolute Gasteiger partial charge is 0.392 e. The van der Waals surface area contributed by atoms with Crippen LogP contribution in [-0.2, 0) is 17.9 Å². The number of rotatable bonds is 6. The summed E-state index contributed by atoms with van der Waals surface area (Å²) >= 11 is 0. The highest BCUT2D eigenvalue weighted by atomic mass is 16.6. The first-order valence-corrected chi connectivity index (χ1v) is 10.1. The van der Waals surface area contributed by atoms with E-state index in [2.05, 4.69) is 4.90 Å². The van der Waals surface area contributed by atoms with Crippen molar-refractivity contribution in [3.63, 3.8) is 0 Å². The highest BCUT2D eigenvalue weighted by Gasteiger charge is 2.44. The molecule has 0 saturated carbocycles. The molecule has 0 aliphatic carbocycles. The molecule has 2 fully saturated rings. The highest BCUT2D eigenvalue weighted by molar-refractivity contribution is 5.79. The molecule has 1 N–H and O–H groups in total. The first kappa shape index (κ1) is 21.2. The number of hydrogen-bond donors (Lipinski definition) is 1. The van der Waals surface area contributed by atoms with Gasteiger partial charge in [0.25, 0.3) is 5.69 Å². The number of morpholine rings is 1. The summed E-state index contributed by atoms with van der Waals surface area (Å²) in [6.07, 6.45) is -0.200. The second-order valence-electron chi connectivity index (χ2n) is 7.89. The quantitative estimate of drug-likeness (QED) is 0.550. The van der Waals surface area contributed by atoms with Crippen molar-refractivity contribution in [3.8, 4) is 0 Å². The molecular weight excluding hydrogens is 404 g/mol. The fraction of sp³-hybridized carbons (Fsp3) is 0.429. The van der Waals surface area contributed by atoms with Crippen LogP contribution >= 0.6 is 0 Å². The molecule has 10 nitrogen and oxygen atoms in total. The van der Waals surface area contributed by atoms with Crippen LogP contribution < -0.4 is 4.90 Å². The Labute approximate surface area is 178 Å². The molecule has 2 aromatic carbocycles. The molecule has 10 heteroatoms. The minimum Gasteiger partial charge on any atom is -0.392 e. The normalized spacial score (nSPS) is 21.2. The van der Waals surface area contributed by atoms with Crippen molar-refractivity contribution in [1.29, 1.82) is 0 Å². The lowest BCUT2D eigenvalue weighted by molar-refractivity contribution is -0.393. The zero-order valence-corrected chi connectivity index (χ0v) is 17.1. The lowest BCUT2D eigenvalue weighted by Crippen LogP contribution is -2.50. The summed E-state index contributed by atoms with van der Waals surface area (Å²) in [4.78, 5) is 26.4. The molecule has 2 atom stereocenters. The average Bonchev–Trinajstić information content (AvgIpc) is 3.18. The minimum atomic E-state index is -0.620. The van der Waals surface area contributed by atoms with Gasteiger partial charge in [-0.15, -0.1) is 0 Å². The number of nitrogens with zero attached hydrogens (tertiary/aromatic N) is 4. The lowest BCUT2D eigenvalue weighted by atomic mass is 10.0. The van der Waals surface area contributed by atoms with Gasteiger partial charge in [0.1, 0.15) is 0 Å². The Morgan fingerprint density at radius 3 is 2.55 bits per heavy atom. The van der Waals surface area contributed by atoms with Crippen molar-refractivity contribution in [2.24, 2.45) is 0 Å². The number of fused-ring (bicyclic) bond motifs is 1. The highest BCUT2D eigenvalue weighted by Crippen LogP contribution is 2.44. The van der Waals surface area contributed by atoms with E-state index in [1.165, 1.54) is 13.0 Å². The maximum atomic E-state index is 11.9. The summed E-state index contributed by atoms with van der Waals surface area (Å²) in [6.45, 7) is 3.69. The number of anilines is 1. The molecule has 164 valence electrons. The predicted octanol–water partition coefficient (Wildman–Crippen LogP) is 2.39. The number of hydrogen-bond acceptors (Lipinski definition) is 8. The Bertz CT molecular complexity index is 999. The Hall–Kier alpha value is -3.08. The molecule has 2 aliphatic heterocycles. The van der Waals surface area contributed by atoms with Crippen LogP contribution in [0.1, 0.15) is 16.7 Å². The summed E-state index contributed by atoms with van der Waals surface area (Å²) in [6, 6.07) is 11.2. The van der Waals surface area contributed by atoms with E-state index >= 15 is 0 Å². The molecule has 0 aromatic heterocycles. The van der Waals surface area contributed by atoms with Crippen LogP contribution in [0.5, 0.6) is 0 Å². The predicted molar refractivity (Wildman–Crippen MR) is 113 cm³/mol. The van der Waals surface area contributed by atoms with E-state index in [9.17, 15) is 25.3 Å². The van der Waals surface area contributed by atoms with E-state index in [0.717, 1.165) is 12.1 Å². The number of nitro benzene ring substituents is 2. The van der Waals surface area contributed by atoms with E-state index in [4.69, 9.17) is 4.74 Å². The molecule has 31 heavy (non-hydrogen) atoms. The van der Waals surface area contributed by atoms with Crippen LogP contribution in [0.15, 0.2) is 36.4 Å². The third-order valence-corrected chi connectivity index (χ3v) is 6.13. The van der Waals surface area contributed by atoms with Gasteiger partial charge in [0.05, 0.1) is 35.2 Å². The van der Waals surface area contributed by atoms with E-state index < -0.39 is 16.5 Å². The number of nitro groups is 2. The third-order valence-electron chi connectivity index (χ3n) is 6.13. The molecule has 2 aliphatic rings. The molecule has 4 rings (SSSR count). The van der Waals surface area contributed by atoms with Gasteiger partial charge in [-0.2, -0.15) is 0 Å². The Morgan fingerprint density at radius 1 is 1.16 bits per heavy atom. The van der Waals surface area contributed by atoms with Gasteiger partial charge >= 0.3 is 5.69 Å². The Kier molecular flexibility index (Phi) is 5.86. The average molecular weight is 428 g/mol. The van der Waals surface area contributed by atoms with Crippen molar-refractivity contribution in [1.82, 2.24) is 4.90 Å². The van der Waals surface area contributed by atoms with Crippen molar-refractivity contribution >= 4 is 17.1 Å². The van der Waals surface area contributed by atoms with Crippen molar-refractivity contribution < 1.29 is 19.7 Å². The Balaban J connectivity index is 1.70. The van der Waals surface area contributed by atoms with Crippen LogP contribution in [0.3, 0.4) is 0 Å². The van der Waals surface area contributed by atoms with Gasteiger partial charge in [0.2, 0.25) is 0 Å². The smallest absolute Gasteiger partial charge is 0.302 e. The van der Waals surface area contributed by atoms with Gasteiger partial charge in [-0.25, -0.2) is 0 Å². The standard InChI is InChI=1S/C21H24N4O6/c1-14-16(13-26)9-17(24(27)28)21(20(14)25(29)30)23-11-18-19(12-23)31-8-7-22(18)10-15-5-3-2-4-6-15/h2-6,9,18-19,26H,7-8,10-13H2,1H3. The summed E-state index contributed by atoms with van der Waals surface area (Å²) in [7, 11) is 0. The van der Waals surface area contributed by atoms with E-state index in [1.807, 2.05) is 30.3 Å². The number of aliphatic hydroxyl groups excluding tert-OH is 1. The summed E-state index contributed by atoms with van der Waals surface area (Å²) in [5, 5.41) is 33.2. The molecule has 2 saturated heterocycles. The van der Waals surface area contributed by atoms with Gasteiger partial charge in [0, 0.05) is 37.8 Å². The summed E-state index contributed by atoms with van der Waals surface area (Å²) in [5.41, 5.74) is 0.871. The van der Waals surface area contributed by atoms with Crippen molar-refractivity contribution in [2.45, 2.75) is 32.2 Å². The molecule has 0 radical (unpaired) electrons. The molecule has 2 aromatic rings. The van der Waals surface area contributed by atoms with E-state index in [1.54, 1.807) is 4.90 Å². The van der Waals surface area contributed by atoms with E-state index in [-0.39, 0.29) is 40.3 Å². The fourth-order valence-corrected chi connectivity index (χ4v) is 4.59. The molecule has 2 unspecified atom stereocenters. The zero-order chi connectivity index (χ0) is 22.1. The third kappa shape index (κ3) is 3.97. The molecular formula is C21H24N4O6. The summed E-state index contributed by atoms with van der Waals surface area (Å²) < 4.78 is 5.93. The monoisotopic (exact) mass is 428 g/mol. The van der Waals surface area contributed by atoms with Crippen LogP contribution in [0.2, 0.25) is 0 Å². The minimum absolute atomic E-state index is 0.0117. The first-order chi connectivity index (χ1) is 14.9. The molecule has 0 bridgehead atoms. The van der Waals surface area contributed by atoms with Gasteiger partial charge in [-0.3, -0.25) is 25.1 Å². The van der Waals surface area contributed by atoms with E-state index in [0.29, 0.717) is 26.2 Å². The fourth-order valence-electron chi connectivity index (χ4n) is 4.59. The van der Waals surface area contributed by atoms with Crippen LogP contribution in [0.4, 0.5) is 17.1 Å². The maximum absolute atomic E-state index is 11.9. The number of ether oxygens (including phenoxy) is 1. The lowest BCUT2D eigenvalue weighted by Gasteiger charge is -2.36. The molecule has 0 amide bonds. The zero-order valence-electron chi connectivity index (χ0n) is 17.1. The van der Waals surface area contributed by atoms with Gasteiger partial charge in [-0.05, 0) is 18.1 Å². The maximum Gasteiger partial charge on any atom is 0.302 e. The van der Waals surface area contributed by atoms with Crippen LogP contribution in [0.25, 0.3) is 0 Å². The topological polar surface area (TPSA) is 122 Å². The second kappa shape index (κ2) is 8.58. The van der Waals surface area contributed by atoms with Crippen molar-refractivity contribution in [3.05, 3.63) is 73.3 Å². The van der Waals surface area contributed by atoms with Gasteiger partial charge in [0.15, 0.2) is 5.69 Å². The SMILES string of the molecule is Cc1c(CO)cc([N+](=O)[O-])c(N2CC3OCCN(Cc4ccccc4)C3C2)c1[N+](=O)[O-]. The second-order valence-corrected chi connectivity index (χ2v) is 7.89. The molecule has 2 heterocycles. The van der Waals surface area contributed by atoms with Crippen LogP contribution in [0, 0.1) is 27.2 Å². The Morgan fingerprint density at radius 2 is 1.90 bits per heavy atom. The molecule has 0 spiro atoms. The van der Waals surface area contributed by atoms with Gasteiger partial charge < -0.3 is 14.7 Å². The number of aliphatic hydroxyl groups is 1. The first-order valence-electron chi connectivity index (χ1n) is 10.1. The summed E-state index contributed by atoms with van der Waals surface area (Å²) in [5.74, 6) is 0. The van der Waals surface area contributed by atoms with Gasteiger partial charge in [-0.1, -0.05) is 30.3 Å².